The topological polar surface area (TPSA) is 87.4 Å². The van der Waals surface area contributed by atoms with Crippen molar-refractivity contribution in [3.8, 4) is 0 Å². The summed E-state index contributed by atoms with van der Waals surface area (Å²) < 4.78 is 24.4. The van der Waals surface area contributed by atoms with Crippen molar-refractivity contribution in [2.24, 2.45) is 0 Å². The van der Waals surface area contributed by atoms with Crippen molar-refractivity contribution in [2.45, 2.75) is 25.9 Å². The number of nitrogens with one attached hydrogen (secondary N) is 2. The Morgan fingerprint density at radius 3 is 2.45 bits per heavy atom. The van der Waals surface area contributed by atoms with Crippen LogP contribution in [0.5, 0.6) is 0 Å². The third-order valence-electron chi connectivity index (χ3n) is 2.58. The molecule has 0 radical (unpaired) electrons. The molecule has 6 nitrogen and oxygen atoms in total. The molecule has 0 saturated heterocycles. The summed E-state index contributed by atoms with van der Waals surface area (Å²) in [6.45, 7) is 2.01. The SMILES string of the molecule is CCCNc1cccc(NCC(O)C(F)F)c1[N+](=O)[O-]. The van der Waals surface area contributed by atoms with Gasteiger partial charge in [-0.1, -0.05) is 13.0 Å². The van der Waals surface area contributed by atoms with Crippen LogP contribution in [0.1, 0.15) is 13.3 Å². The molecule has 0 aliphatic carbocycles. The van der Waals surface area contributed by atoms with Crippen LogP contribution < -0.4 is 10.6 Å². The minimum atomic E-state index is -2.90. The molecular formula is C12H17F2N3O3. The summed E-state index contributed by atoms with van der Waals surface area (Å²) in [5, 5.41) is 25.5. The molecule has 20 heavy (non-hydrogen) atoms. The molecule has 112 valence electrons. The van der Waals surface area contributed by atoms with E-state index in [0.29, 0.717) is 12.2 Å². The Bertz CT molecular complexity index is 458. The van der Waals surface area contributed by atoms with E-state index in [-0.39, 0.29) is 11.4 Å². The van der Waals surface area contributed by atoms with Gasteiger partial charge >= 0.3 is 5.69 Å². The lowest BCUT2D eigenvalue weighted by molar-refractivity contribution is -0.383. The van der Waals surface area contributed by atoms with Crippen LogP contribution in [0.3, 0.4) is 0 Å². The normalized spacial score (nSPS) is 12.2. The van der Waals surface area contributed by atoms with Gasteiger partial charge in [0.05, 0.1) is 4.92 Å². The highest BCUT2D eigenvalue weighted by atomic mass is 19.3. The van der Waals surface area contributed by atoms with Gasteiger partial charge < -0.3 is 15.7 Å². The third kappa shape index (κ3) is 4.30. The number of nitro groups is 1. The number of nitrogens with zero attached hydrogens (tertiary/aromatic N) is 1. The molecule has 0 bridgehead atoms. The molecular weight excluding hydrogens is 272 g/mol. The van der Waals surface area contributed by atoms with E-state index in [1.807, 2.05) is 6.92 Å². The van der Waals surface area contributed by atoms with E-state index in [9.17, 15) is 18.9 Å². The predicted octanol–water partition coefficient (Wildman–Crippen LogP) is 2.45. The fraction of sp³-hybridized carbons (Fsp3) is 0.500. The molecule has 1 unspecified atom stereocenters. The van der Waals surface area contributed by atoms with E-state index in [1.54, 1.807) is 12.1 Å². The van der Waals surface area contributed by atoms with Gasteiger partial charge in [-0.3, -0.25) is 10.1 Å². The Labute approximate surface area is 114 Å². The minimum Gasteiger partial charge on any atom is -0.385 e. The van der Waals surface area contributed by atoms with Crippen LogP contribution in [0.15, 0.2) is 18.2 Å². The summed E-state index contributed by atoms with van der Waals surface area (Å²) in [4.78, 5) is 10.5. The van der Waals surface area contributed by atoms with Gasteiger partial charge in [-0.25, -0.2) is 8.78 Å². The molecule has 0 aliphatic rings. The number of aliphatic hydroxyl groups excluding tert-OH is 1. The third-order valence-corrected chi connectivity index (χ3v) is 2.58. The molecule has 3 N–H and O–H groups in total. The molecule has 0 aromatic heterocycles. The number of benzene rings is 1. The lowest BCUT2D eigenvalue weighted by Crippen LogP contribution is -2.27. The van der Waals surface area contributed by atoms with Crippen LogP contribution in [0, 0.1) is 10.1 Å². The fourth-order valence-corrected chi connectivity index (χ4v) is 1.59. The number of alkyl halides is 2. The summed E-state index contributed by atoms with van der Waals surface area (Å²) in [6, 6.07) is 4.53. The van der Waals surface area contributed by atoms with Crippen LogP contribution in [-0.4, -0.2) is 35.6 Å². The second kappa shape index (κ2) is 7.59. The number of hydrogen-bond acceptors (Lipinski definition) is 5. The van der Waals surface area contributed by atoms with Gasteiger partial charge in [0.1, 0.15) is 17.5 Å². The highest BCUT2D eigenvalue weighted by molar-refractivity contribution is 5.76. The molecule has 0 spiro atoms. The van der Waals surface area contributed by atoms with Crippen molar-refractivity contribution in [1.82, 2.24) is 0 Å². The van der Waals surface area contributed by atoms with E-state index < -0.39 is 24.0 Å². The number of anilines is 2. The first-order chi connectivity index (χ1) is 9.47. The average molecular weight is 289 g/mol. The number of hydrogen-bond donors (Lipinski definition) is 3. The van der Waals surface area contributed by atoms with Gasteiger partial charge in [-0.05, 0) is 18.6 Å². The van der Waals surface area contributed by atoms with Crippen molar-refractivity contribution in [1.29, 1.82) is 0 Å². The number of nitro benzene ring substituents is 1. The molecule has 0 amide bonds. The van der Waals surface area contributed by atoms with Gasteiger partial charge in [0, 0.05) is 13.1 Å². The van der Waals surface area contributed by atoms with Gasteiger partial charge in [0.25, 0.3) is 6.43 Å². The van der Waals surface area contributed by atoms with Gasteiger partial charge in [0.15, 0.2) is 0 Å². The molecule has 1 aromatic carbocycles. The minimum absolute atomic E-state index is 0.0933. The van der Waals surface area contributed by atoms with Gasteiger partial charge in [0.2, 0.25) is 0 Å². The van der Waals surface area contributed by atoms with Crippen LogP contribution in [0.4, 0.5) is 25.8 Å². The Morgan fingerprint density at radius 1 is 1.35 bits per heavy atom. The maximum absolute atomic E-state index is 12.2. The van der Waals surface area contributed by atoms with E-state index in [1.165, 1.54) is 6.07 Å². The lowest BCUT2D eigenvalue weighted by atomic mass is 10.2. The highest BCUT2D eigenvalue weighted by Crippen LogP contribution is 2.32. The van der Waals surface area contributed by atoms with Gasteiger partial charge in [-0.2, -0.15) is 0 Å². The molecule has 0 fully saturated rings. The maximum atomic E-state index is 12.2. The molecule has 1 rings (SSSR count). The molecule has 0 aliphatic heterocycles. The number of rotatable bonds is 8. The number of para-hydroxylation sites is 1. The van der Waals surface area contributed by atoms with Crippen LogP contribution >= 0.6 is 0 Å². The highest BCUT2D eigenvalue weighted by Gasteiger charge is 2.22. The van der Waals surface area contributed by atoms with Gasteiger partial charge in [-0.15, -0.1) is 0 Å². The largest absolute Gasteiger partial charge is 0.385 e. The average Bonchev–Trinajstić information content (AvgIpc) is 2.41. The zero-order chi connectivity index (χ0) is 15.1. The Morgan fingerprint density at radius 2 is 1.95 bits per heavy atom. The first kappa shape index (κ1) is 16.1. The van der Waals surface area contributed by atoms with Crippen LogP contribution in [0.25, 0.3) is 0 Å². The zero-order valence-electron chi connectivity index (χ0n) is 11.0. The molecule has 1 aromatic rings. The molecule has 8 heteroatoms. The summed E-state index contributed by atoms with van der Waals surface area (Å²) in [5.41, 5.74) is 0.187. The van der Waals surface area contributed by atoms with Crippen molar-refractivity contribution in [3.05, 3.63) is 28.3 Å². The lowest BCUT2D eigenvalue weighted by Gasteiger charge is -2.14. The standard InChI is InChI=1S/C12H17F2N3O3/c1-2-6-15-8-4-3-5-9(11(8)17(19)20)16-7-10(18)12(13)14/h3-5,10,12,15-16,18H,2,6-7H2,1H3. The van der Waals surface area contributed by atoms with Crippen molar-refractivity contribution in [2.75, 3.05) is 23.7 Å². The van der Waals surface area contributed by atoms with E-state index in [2.05, 4.69) is 10.6 Å². The van der Waals surface area contributed by atoms with Crippen molar-refractivity contribution >= 4 is 17.1 Å². The monoisotopic (exact) mass is 289 g/mol. The molecule has 1 atom stereocenters. The van der Waals surface area contributed by atoms with E-state index in [4.69, 9.17) is 5.11 Å². The van der Waals surface area contributed by atoms with Crippen molar-refractivity contribution in [3.63, 3.8) is 0 Å². The second-order valence-electron chi connectivity index (χ2n) is 4.17. The summed E-state index contributed by atoms with van der Waals surface area (Å²) in [5.74, 6) is 0. The van der Waals surface area contributed by atoms with Crippen LogP contribution in [0.2, 0.25) is 0 Å². The Kier molecular flexibility index (Phi) is 6.10. The Hall–Kier alpha value is -1.96. The predicted molar refractivity (Wildman–Crippen MR) is 72.4 cm³/mol. The summed E-state index contributed by atoms with van der Waals surface area (Å²) in [6.07, 6.45) is -3.98. The molecule has 0 saturated carbocycles. The number of aliphatic hydroxyl groups is 1. The van der Waals surface area contributed by atoms with E-state index in [0.717, 1.165) is 6.42 Å². The first-order valence-corrected chi connectivity index (χ1v) is 6.18. The fourth-order valence-electron chi connectivity index (χ4n) is 1.59. The quantitative estimate of drug-likeness (QED) is 0.505. The molecule has 0 heterocycles. The first-order valence-electron chi connectivity index (χ1n) is 6.18. The number of halogens is 2. The summed E-state index contributed by atoms with van der Waals surface area (Å²) in [7, 11) is 0. The van der Waals surface area contributed by atoms with Crippen LogP contribution in [-0.2, 0) is 0 Å². The maximum Gasteiger partial charge on any atom is 0.315 e. The van der Waals surface area contributed by atoms with Crippen molar-refractivity contribution < 1.29 is 18.8 Å². The second-order valence-corrected chi connectivity index (χ2v) is 4.17. The summed E-state index contributed by atoms with van der Waals surface area (Å²) >= 11 is 0. The Balaban J connectivity index is 2.91. The smallest absolute Gasteiger partial charge is 0.315 e. The van der Waals surface area contributed by atoms with E-state index >= 15 is 0 Å². The zero-order valence-corrected chi connectivity index (χ0v) is 11.0.